The number of aromatic amines is 1. The minimum atomic E-state index is -0.111. The quantitative estimate of drug-likeness (QED) is 0.639. The number of hydrogen-bond donors (Lipinski definition) is 3. The Morgan fingerprint density at radius 3 is 2.89 bits per heavy atom. The smallest absolute Gasteiger partial charge is 0.315 e. The zero-order valence-corrected chi connectivity index (χ0v) is 15.5. The van der Waals surface area contributed by atoms with Crippen LogP contribution in [0.3, 0.4) is 0 Å². The van der Waals surface area contributed by atoms with Crippen LogP contribution in [0.5, 0.6) is 5.75 Å². The molecule has 3 aromatic rings. The predicted molar refractivity (Wildman–Crippen MR) is 107 cm³/mol. The Hall–Kier alpha value is -2.95. The van der Waals surface area contributed by atoms with Gasteiger partial charge in [-0.05, 0) is 55.0 Å². The topological polar surface area (TPSA) is 66.1 Å². The standard InChI is InChI=1S/C22H25N3O2/c1-27-16-10-11-19-18(14-16)17-8-5-9-20(21(17)24-19)25-22(26)23-13-12-15-6-3-2-4-7-15/h2-4,6-7,10-11,14,20,24H,5,8-9,12-13H2,1H3,(H2,23,25,26)/t20-/m1/s1. The molecule has 4 rings (SSSR count). The first kappa shape index (κ1) is 17.5. The van der Waals surface area contributed by atoms with Crippen LogP contribution in [-0.2, 0) is 12.8 Å². The molecule has 0 saturated carbocycles. The maximum Gasteiger partial charge on any atom is 0.315 e. The number of urea groups is 1. The van der Waals surface area contributed by atoms with Gasteiger partial charge in [0.05, 0.1) is 13.2 Å². The number of carbonyl (C=O) groups is 1. The molecule has 0 spiro atoms. The van der Waals surface area contributed by atoms with E-state index in [-0.39, 0.29) is 12.1 Å². The number of hydrogen-bond acceptors (Lipinski definition) is 2. The van der Waals surface area contributed by atoms with Gasteiger partial charge in [0.25, 0.3) is 0 Å². The molecular weight excluding hydrogens is 338 g/mol. The fourth-order valence-electron chi connectivity index (χ4n) is 3.89. The van der Waals surface area contributed by atoms with Crippen molar-refractivity contribution in [1.29, 1.82) is 0 Å². The number of ether oxygens (including phenoxy) is 1. The SMILES string of the molecule is COc1ccc2[nH]c3c(c2c1)CCC[C@H]3NC(=O)NCCc1ccccc1. The van der Waals surface area contributed by atoms with Crippen molar-refractivity contribution in [2.75, 3.05) is 13.7 Å². The van der Waals surface area contributed by atoms with Crippen molar-refractivity contribution >= 4 is 16.9 Å². The Morgan fingerprint density at radius 1 is 1.22 bits per heavy atom. The molecule has 0 aliphatic heterocycles. The molecule has 5 nitrogen and oxygen atoms in total. The van der Waals surface area contributed by atoms with E-state index in [4.69, 9.17) is 4.74 Å². The average molecular weight is 363 g/mol. The third-order valence-electron chi connectivity index (χ3n) is 5.26. The highest BCUT2D eigenvalue weighted by Gasteiger charge is 2.25. The molecule has 2 amide bonds. The van der Waals surface area contributed by atoms with E-state index in [0.717, 1.165) is 42.6 Å². The van der Waals surface area contributed by atoms with Crippen molar-refractivity contribution < 1.29 is 9.53 Å². The molecular formula is C22H25N3O2. The lowest BCUT2D eigenvalue weighted by Crippen LogP contribution is -2.40. The molecule has 5 heteroatoms. The van der Waals surface area contributed by atoms with Gasteiger partial charge in [0.15, 0.2) is 0 Å². The molecule has 1 aliphatic rings. The zero-order chi connectivity index (χ0) is 18.6. The Bertz CT molecular complexity index is 933. The molecule has 1 aromatic heterocycles. The summed E-state index contributed by atoms with van der Waals surface area (Å²) in [4.78, 5) is 15.9. The van der Waals surface area contributed by atoms with Crippen LogP contribution in [0.4, 0.5) is 4.79 Å². The number of aromatic nitrogens is 1. The first-order valence-electron chi connectivity index (χ1n) is 9.51. The number of rotatable bonds is 5. The fourth-order valence-corrected chi connectivity index (χ4v) is 3.89. The van der Waals surface area contributed by atoms with Crippen LogP contribution in [0, 0.1) is 0 Å². The first-order valence-corrected chi connectivity index (χ1v) is 9.51. The van der Waals surface area contributed by atoms with Crippen LogP contribution in [0.15, 0.2) is 48.5 Å². The van der Waals surface area contributed by atoms with Gasteiger partial charge in [-0.3, -0.25) is 0 Å². The molecule has 0 bridgehead atoms. The van der Waals surface area contributed by atoms with Crippen LogP contribution in [0.25, 0.3) is 10.9 Å². The van der Waals surface area contributed by atoms with Crippen LogP contribution < -0.4 is 15.4 Å². The van der Waals surface area contributed by atoms with Gasteiger partial charge in [0.1, 0.15) is 5.75 Å². The summed E-state index contributed by atoms with van der Waals surface area (Å²) in [5.41, 5.74) is 4.74. The lowest BCUT2D eigenvalue weighted by molar-refractivity contribution is 0.235. The van der Waals surface area contributed by atoms with Gasteiger partial charge < -0.3 is 20.4 Å². The second-order valence-corrected chi connectivity index (χ2v) is 7.01. The summed E-state index contributed by atoms with van der Waals surface area (Å²) in [5.74, 6) is 0.859. The summed E-state index contributed by atoms with van der Waals surface area (Å²) in [6.07, 6.45) is 3.86. The van der Waals surface area contributed by atoms with Gasteiger partial charge >= 0.3 is 6.03 Å². The number of fused-ring (bicyclic) bond motifs is 3. The van der Waals surface area contributed by atoms with Gasteiger partial charge in [0, 0.05) is 23.1 Å². The monoisotopic (exact) mass is 363 g/mol. The second-order valence-electron chi connectivity index (χ2n) is 7.01. The van der Waals surface area contributed by atoms with Gasteiger partial charge in [-0.1, -0.05) is 30.3 Å². The van der Waals surface area contributed by atoms with Crippen LogP contribution in [0.2, 0.25) is 0 Å². The number of benzene rings is 2. The summed E-state index contributed by atoms with van der Waals surface area (Å²) in [5, 5.41) is 7.31. The van der Waals surface area contributed by atoms with Crippen molar-refractivity contribution in [2.24, 2.45) is 0 Å². The van der Waals surface area contributed by atoms with Crippen LogP contribution in [-0.4, -0.2) is 24.7 Å². The van der Waals surface area contributed by atoms with E-state index >= 15 is 0 Å². The molecule has 140 valence electrons. The number of amides is 2. The lowest BCUT2D eigenvalue weighted by Gasteiger charge is -2.24. The second kappa shape index (κ2) is 7.74. The average Bonchev–Trinajstić information content (AvgIpc) is 3.08. The molecule has 0 radical (unpaired) electrons. The summed E-state index contributed by atoms with van der Waals surface area (Å²) < 4.78 is 5.36. The van der Waals surface area contributed by atoms with Gasteiger partial charge in [-0.2, -0.15) is 0 Å². The summed E-state index contributed by atoms with van der Waals surface area (Å²) in [6.45, 7) is 0.624. The van der Waals surface area contributed by atoms with Gasteiger partial charge in [-0.15, -0.1) is 0 Å². The van der Waals surface area contributed by atoms with Crippen molar-refractivity contribution in [1.82, 2.24) is 15.6 Å². The van der Waals surface area contributed by atoms with E-state index in [0.29, 0.717) is 6.54 Å². The third kappa shape index (κ3) is 3.77. The lowest BCUT2D eigenvalue weighted by atomic mass is 9.92. The highest BCUT2D eigenvalue weighted by atomic mass is 16.5. The van der Waals surface area contributed by atoms with E-state index in [2.05, 4.69) is 33.8 Å². The highest BCUT2D eigenvalue weighted by Crippen LogP contribution is 2.36. The first-order chi connectivity index (χ1) is 13.2. The maximum atomic E-state index is 12.4. The predicted octanol–water partition coefficient (Wildman–Crippen LogP) is 4.10. The zero-order valence-electron chi connectivity index (χ0n) is 15.5. The third-order valence-corrected chi connectivity index (χ3v) is 5.26. The summed E-state index contributed by atoms with van der Waals surface area (Å²) in [7, 11) is 1.68. The largest absolute Gasteiger partial charge is 0.497 e. The molecule has 0 fully saturated rings. The Labute approximate surface area is 159 Å². The van der Waals surface area contributed by atoms with E-state index < -0.39 is 0 Å². The highest BCUT2D eigenvalue weighted by molar-refractivity contribution is 5.87. The number of H-pyrrole nitrogens is 1. The molecule has 2 aromatic carbocycles. The number of carbonyl (C=O) groups excluding carboxylic acids is 1. The molecule has 0 saturated heterocycles. The van der Waals surface area contributed by atoms with Crippen molar-refractivity contribution in [3.05, 3.63) is 65.4 Å². The number of aryl methyl sites for hydroxylation is 1. The van der Waals surface area contributed by atoms with E-state index in [1.54, 1.807) is 7.11 Å². The Morgan fingerprint density at radius 2 is 2.07 bits per heavy atom. The molecule has 1 atom stereocenters. The van der Waals surface area contributed by atoms with Crippen molar-refractivity contribution in [3.8, 4) is 5.75 Å². The van der Waals surface area contributed by atoms with Gasteiger partial charge in [0.2, 0.25) is 0 Å². The Balaban J connectivity index is 1.42. The summed E-state index contributed by atoms with van der Waals surface area (Å²) >= 11 is 0. The van der Waals surface area contributed by atoms with Crippen molar-refractivity contribution in [2.45, 2.75) is 31.7 Å². The van der Waals surface area contributed by atoms with Crippen LogP contribution in [0.1, 0.15) is 35.7 Å². The molecule has 27 heavy (non-hydrogen) atoms. The molecule has 1 aliphatic carbocycles. The minimum absolute atomic E-state index is 0.0175. The Kier molecular flexibility index (Phi) is 5.01. The summed E-state index contributed by atoms with van der Waals surface area (Å²) in [6, 6.07) is 16.2. The van der Waals surface area contributed by atoms with E-state index in [1.807, 2.05) is 30.3 Å². The van der Waals surface area contributed by atoms with Gasteiger partial charge in [-0.25, -0.2) is 4.79 Å². The van der Waals surface area contributed by atoms with Crippen LogP contribution >= 0.6 is 0 Å². The van der Waals surface area contributed by atoms with E-state index in [1.165, 1.54) is 16.5 Å². The minimum Gasteiger partial charge on any atom is -0.497 e. The number of methoxy groups -OCH3 is 1. The molecule has 3 N–H and O–H groups in total. The van der Waals surface area contributed by atoms with Crippen molar-refractivity contribution in [3.63, 3.8) is 0 Å². The molecule has 0 unspecified atom stereocenters. The number of nitrogens with one attached hydrogen (secondary N) is 3. The fraction of sp³-hybridized carbons (Fsp3) is 0.318. The normalized spacial score (nSPS) is 16.0. The van der Waals surface area contributed by atoms with E-state index in [9.17, 15) is 4.79 Å². The maximum absolute atomic E-state index is 12.4. The molecule has 1 heterocycles.